The first-order valence-electron chi connectivity index (χ1n) is 6.99. The van der Waals surface area contributed by atoms with Crippen LogP contribution >= 0.6 is 0 Å². The van der Waals surface area contributed by atoms with Crippen LogP contribution in [-0.2, 0) is 0 Å². The fourth-order valence-electron chi connectivity index (χ4n) is 2.22. The molecule has 3 rings (SSSR count). The molecule has 0 aliphatic rings. The topological polar surface area (TPSA) is 58.4 Å². The molecule has 0 aliphatic carbocycles. The van der Waals surface area contributed by atoms with Gasteiger partial charge in [-0.15, -0.1) is 10.2 Å². The van der Waals surface area contributed by atoms with Gasteiger partial charge in [0.2, 0.25) is 5.65 Å². The van der Waals surface area contributed by atoms with E-state index in [1.807, 2.05) is 16.7 Å². The number of aromatic nitrogens is 4. The van der Waals surface area contributed by atoms with E-state index in [2.05, 4.69) is 56.7 Å². The molecular weight excluding hydrogens is 264 g/mol. The second kappa shape index (κ2) is 6.21. The van der Waals surface area contributed by atoms with Crippen LogP contribution in [0, 0.1) is 0 Å². The highest BCUT2D eigenvalue weighted by atomic mass is 15.2. The summed E-state index contributed by atoms with van der Waals surface area (Å²) in [5.41, 5.74) is 1.99. The Bertz CT molecular complexity index is 693. The van der Waals surface area contributed by atoms with Crippen LogP contribution in [-0.4, -0.2) is 39.7 Å². The molecule has 2 heterocycles. The summed E-state index contributed by atoms with van der Waals surface area (Å²) < 4.78 is 1.85. The van der Waals surface area contributed by atoms with Crippen LogP contribution in [0.2, 0.25) is 0 Å². The van der Waals surface area contributed by atoms with Crippen LogP contribution in [0.25, 0.3) is 5.65 Å². The van der Waals surface area contributed by atoms with E-state index in [4.69, 9.17) is 0 Å². The number of rotatable bonds is 6. The number of hydrogen-bond donors (Lipinski definition) is 1. The summed E-state index contributed by atoms with van der Waals surface area (Å²) in [6.07, 6.45) is 6.27. The Balaban J connectivity index is 1.51. The molecule has 3 aromatic rings. The highest BCUT2D eigenvalue weighted by Crippen LogP contribution is 2.12. The van der Waals surface area contributed by atoms with Gasteiger partial charge in [-0.3, -0.25) is 4.40 Å². The highest BCUT2D eigenvalue weighted by molar-refractivity contribution is 5.61. The van der Waals surface area contributed by atoms with Crippen molar-refractivity contribution in [3.05, 3.63) is 49.1 Å². The quantitative estimate of drug-likeness (QED) is 0.701. The Labute approximate surface area is 123 Å². The van der Waals surface area contributed by atoms with Crippen molar-refractivity contribution in [3.8, 4) is 0 Å². The van der Waals surface area contributed by atoms with Crippen LogP contribution in [0.1, 0.15) is 6.42 Å². The van der Waals surface area contributed by atoms with E-state index >= 15 is 0 Å². The van der Waals surface area contributed by atoms with Crippen LogP contribution in [0.4, 0.5) is 11.5 Å². The van der Waals surface area contributed by atoms with E-state index in [0.29, 0.717) is 0 Å². The molecule has 6 nitrogen and oxygen atoms in total. The smallest absolute Gasteiger partial charge is 0.203 e. The van der Waals surface area contributed by atoms with Crippen molar-refractivity contribution in [2.24, 2.45) is 0 Å². The summed E-state index contributed by atoms with van der Waals surface area (Å²) in [5.74, 6) is 0.775. The normalized spacial score (nSPS) is 10.7. The molecule has 0 amide bonds. The molecule has 0 saturated heterocycles. The van der Waals surface area contributed by atoms with Gasteiger partial charge in [-0.2, -0.15) is 0 Å². The first-order chi connectivity index (χ1) is 10.3. The molecule has 0 unspecified atom stereocenters. The fourth-order valence-corrected chi connectivity index (χ4v) is 2.22. The average Bonchev–Trinajstić information content (AvgIpc) is 3.01. The number of benzene rings is 1. The maximum atomic E-state index is 4.31. The maximum Gasteiger partial charge on any atom is 0.203 e. The van der Waals surface area contributed by atoms with E-state index in [1.54, 1.807) is 12.5 Å². The minimum Gasteiger partial charge on any atom is -0.375 e. The number of hydrogen-bond acceptors (Lipinski definition) is 5. The third-order valence-corrected chi connectivity index (χ3v) is 3.38. The SMILES string of the molecule is CN(CCCNc1nccn2cnnc12)c1ccccc1. The minimum atomic E-state index is 0.758. The number of nitrogens with zero attached hydrogens (tertiary/aromatic N) is 5. The van der Waals surface area contributed by atoms with Crippen molar-refractivity contribution in [2.75, 3.05) is 30.4 Å². The minimum absolute atomic E-state index is 0.758. The molecule has 0 bridgehead atoms. The largest absolute Gasteiger partial charge is 0.375 e. The van der Waals surface area contributed by atoms with Crippen molar-refractivity contribution in [1.82, 2.24) is 19.6 Å². The number of anilines is 2. The third kappa shape index (κ3) is 3.10. The standard InChI is InChI=1S/C15H18N6/c1-20(13-6-3-2-4-7-13)10-5-8-16-14-15-19-18-12-21(15)11-9-17-14/h2-4,6-7,9,11-12H,5,8,10H2,1H3,(H,16,17). The Kier molecular flexibility index (Phi) is 3.95. The van der Waals surface area contributed by atoms with Crippen LogP contribution < -0.4 is 10.2 Å². The highest BCUT2D eigenvalue weighted by Gasteiger charge is 2.04. The van der Waals surface area contributed by atoms with Crippen LogP contribution in [0.3, 0.4) is 0 Å². The van der Waals surface area contributed by atoms with E-state index in [9.17, 15) is 0 Å². The Morgan fingerprint density at radius 1 is 1.24 bits per heavy atom. The number of para-hydroxylation sites is 1. The molecule has 1 aromatic carbocycles. The molecule has 0 radical (unpaired) electrons. The van der Waals surface area contributed by atoms with E-state index in [1.165, 1.54) is 5.69 Å². The lowest BCUT2D eigenvalue weighted by Crippen LogP contribution is -2.21. The van der Waals surface area contributed by atoms with Gasteiger partial charge in [-0.25, -0.2) is 4.98 Å². The van der Waals surface area contributed by atoms with Gasteiger partial charge in [0, 0.05) is 38.2 Å². The lowest BCUT2D eigenvalue weighted by Gasteiger charge is -2.19. The summed E-state index contributed by atoms with van der Waals surface area (Å²) in [6, 6.07) is 10.4. The van der Waals surface area contributed by atoms with Gasteiger partial charge in [-0.1, -0.05) is 18.2 Å². The number of fused-ring (bicyclic) bond motifs is 1. The first kappa shape index (κ1) is 13.4. The van der Waals surface area contributed by atoms with Crippen molar-refractivity contribution >= 4 is 17.2 Å². The third-order valence-electron chi connectivity index (χ3n) is 3.38. The summed E-state index contributed by atoms with van der Waals surface area (Å²) >= 11 is 0. The monoisotopic (exact) mass is 282 g/mol. The molecule has 108 valence electrons. The predicted molar refractivity (Wildman–Crippen MR) is 83.6 cm³/mol. The van der Waals surface area contributed by atoms with Gasteiger partial charge < -0.3 is 10.2 Å². The van der Waals surface area contributed by atoms with Crippen LogP contribution in [0.5, 0.6) is 0 Å². The molecule has 21 heavy (non-hydrogen) atoms. The molecule has 0 aliphatic heterocycles. The molecule has 2 aromatic heterocycles. The fraction of sp³-hybridized carbons (Fsp3) is 0.267. The van der Waals surface area contributed by atoms with E-state index < -0.39 is 0 Å². The molecule has 1 N–H and O–H groups in total. The lowest BCUT2D eigenvalue weighted by molar-refractivity contribution is 0.814. The second-order valence-electron chi connectivity index (χ2n) is 4.88. The van der Waals surface area contributed by atoms with Gasteiger partial charge >= 0.3 is 0 Å². The Morgan fingerprint density at radius 2 is 2.10 bits per heavy atom. The van der Waals surface area contributed by atoms with Gasteiger partial charge in [0.25, 0.3) is 0 Å². The van der Waals surface area contributed by atoms with Crippen LogP contribution in [0.15, 0.2) is 49.1 Å². The van der Waals surface area contributed by atoms with Gasteiger partial charge in [0.1, 0.15) is 6.33 Å². The van der Waals surface area contributed by atoms with E-state index in [0.717, 1.165) is 31.0 Å². The van der Waals surface area contributed by atoms with Gasteiger partial charge in [-0.05, 0) is 18.6 Å². The zero-order valence-electron chi connectivity index (χ0n) is 12.0. The molecule has 0 fully saturated rings. The Morgan fingerprint density at radius 3 is 2.95 bits per heavy atom. The van der Waals surface area contributed by atoms with Crippen molar-refractivity contribution in [1.29, 1.82) is 0 Å². The molecule has 6 heteroatoms. The van der Waals surface area contributed by atoms with Gasteiger partial charge in [0.05, 0.1) is 0 Å². The second-order valence-corrected chi connectivity index (χ2v) is 4.88. The lowest BCUT2D eigenvalue weighted by atomic mass is 10.3. The van der Waals surface area contributed by atoms with E-state index in [-0.39, 0.29) is 0 Å². The molecule has 0 spiro atoms. The zero-order chi connectivity index (χ0) is 14.5. The van der Waals surface area contributed by atoms with Crippen molar-refractivity contribution in [3.63, 3.8) is 0 Å². The first-order valence-corrected chi connectivity index (χ1v) is 6.99. The summed E-state index contributed by atoms with van der Waals surface area (Å²) in [7, 11) is 2.10. The maximum absolute atomic E-state index is 4.31. The molecular formula is C15H18N6. The molecule has 0 saturated carbocycles. The summed E-state index contributed by atoms with van der Waals surface area (Å²) in [5, 5.41) is 11.3. The zero-order valence-corrected chi connectivity index (χ0v) is 12.0. The van der Waals surface area contributed by atoms with Gasteiger partial charge in [0.15, 0.2) is 5.82 Å². The predicted octanol–water partition coefficient (Wildman–Crippen LogP) is 2.06. The Hall–Kier alpha value is -2.63. The number of nitrogens with one attached hydrogen (secondary N) is 1. The van der Waals surface area contributed by atoms with Crippen molar-refractivity contribution in [2.45, 2.75) is 6.42 Å². The average molecular weight is 282 g/mol. The molecule has 0 atom stereocenters. The van der Waals surface area contributed by atoms with Crippen molar-refractivity contribution < 1.29 is 0 Å². The summed E-state index contributed by atoms with van der Waals surface area (Å²) in [4.78, 5) is 6.55. The summed E-state index contributed by atoms with van der Waals surface area (Å²) in [6.45, 7) is 1.82.